The predicted molar refractivity (Wildman–Crippen MR) is 242 cm³/mol. The molecular weight excluding hydrogens is 743 g/mol. The molecule has 0 amide bonds. The van der Waals surface area contributed by atoms with Gasteiger partial charge in [0.1, 0.15) is 11.6 Å². The van der Waals surface area contributed by atoms with Crippen LogP contribution < -0.4 is 9.80 Å². The Labute approximate surface area is 345 Å². The average molecular weight is 779 g/mol. The molecule has 4 nitrogen and oxygen atoms in total. The maximum atomic E-state index is 15.9. The average Bonchev–Trinajstić information content (AvgIpc) is 4.02. The van der Waals surface area contributed by atoms with Gasteiger partial charge in [0.15, 0.2) is 0 Å². The quantitative estimate of drug-likeness (QED) is 0.167. The summed E-state index contributed by atoms with van der Waals surface area (Å²) in [5.74, 6) is -0.407. The Hall–Kier alpha value is -7.44. The van der Waals surface area contributed by atoms with E-state index in [4.69, 9.17) is 0 Å². The van der Waals surface area contributed by atoms with Crippen molar-refractivity contribution in [2.24, 2.45) is 0 Å². The van der Waals surface area contributed by atoms with Crippen LogP contribution in [0.5, 0.6) is 0 Å². The zero-order chi connectivity index (χ0) is 39.6. The van der Waals surface area contributed by atoms with E-state index in [1.807, 2.05) is 72.8 Å². The lowest BCUT2D eigenvalue weighted by Gasteiger charge is -2.30. The van der Waals surface area contributed by atoms with E-state index in [1.165, 1.54) is 61.7 Å². The van der Waals surface area contributed by atoms with Crippen LogP contribution in [0.1, 0.15) is 40.8 Å². The van der Waals surface area contributed by atoms with E-state index in [0.717, 1.165) is 46.4 Å². The fraction of sp³-hybridized carbons (Fsp3) is 0.0741. The standard InChI is InChI=1S/C54H36F2N4/c55-41-21-9-13-25-45(41)57(33-15-3-1-4-16-33)47-29-27-35-39-31-50-40(32-49(39)59-43-23-11-7-19-37(43)51(47)53(35)59)36-28-30-48(52-38-20-8-12-24-44(38)60(50)54(36)52)58(34-17-5-2-6-18-34)46-26-14-10-22-42(46)56/h1-19,21-31,38,49H,20,32H2. The maximum absolute atomic E-state index is 15.9. The van der Waals surface area contributed by atoms with Crippen LogP contribution in [0.3, 0.4) is 0 Å². The summed E-state index contributed by atoms with van der Waals surface area (Å²) >= 11 is 0. The van der Waals surface area contributed by atoms with Gasteiger partial charge in [-0.15, -0.1) is 0 Å². The van der Waals surface area contributed by atoms with Crippen molar-refractivity contribution >= 4 is 84.2 Å². The van der Waals surface area contributed by atoms with Gasteiger partial charge < -0.3 is 18.9 Å². The van der Waals surface area contributed by atoms with Crippen molar-refractivity contribution in [3.63, 3.8) is 0 Å². The van der Waals surface area contributed by atoms with Crippen LogP contribution in [0.15, 0.2) is 176 Å². The van der Waals surface area contributed by atoms with E-state index in [0.29, 0.717) is 11.4 Å². The summed E-state index contributed by atoms with van der Waals surface area (Å²) in [6.07, 6.45) is 10.9. The second-order valence-electron chi connectivity index (χ2n) is 16.2. The summed E-state index contributed by atoms with van der Waals surface area (Å²) in [5.41, 5.74) is 15.9. The second-order valence-corrected chi connectivity index (χ2v) is 16.2. The topological polar surface area (TPSA) is 16.3 Å². The van der Waals surface area contributed by atoms with E-state index in [9.17, 15) is 0 Å². The third-order valence-electron chi connectivity index (χ3n) is 13.2. The smallest absolute Gasteiger partial charge is 0.147 e. The van der Waals surface area contributed by atoms with Gasteiger partial charge in [-0.25, -0.2) is 8.78 Å². The normalized spacial score (nSPS) is 16.8. The fourth-order valence-corrected chi connectivity index (χ4v) is 10.9. The third-order valence-corrected chi connectivity index (χ3v) is 13.2. The Balaban J connectivity index is 1.05. The van der Waals surface area contributed by atoms with Gasteiger partial charge in [-0.2, -0.15) is 0 Å². The number of fused-ring (bicyclic) bond motifs is 12. The molecule has 9 aromatic rings. The minimum Gasteiger partial charge on any atom is -0.332 e. The van der Waals surface area contributed by atoms with Gasteiger partial charge in [0.25, 0.3) is 0 Å². The van der Waals surface area contributed by atoms with Crippen molar-refractivity contribution in [3.8, 4) is 0 Å². The largest absolute Gasteiger partial charge is 0.332 e. The molecule has 4 heterocycles. The molecule has 2 aromatic heterocycles. The number of benzene rings is 7. The molecule has 0 radical (unpaired) electrons. The Kier molecular flexibility index (Phi) is 7.00. The van der Waals surface area contributed by atoms with Gasteiger partial charge in [0.2, 0.25) is 0 Å². The summed E-state index contributed by atoms with van der Waals surface area (Å²) < 4.78 is 36.8. The molecule has 0 fully saturated rings. The fourth-order valence-electron chi connectivity index (χ4n) is 10.9. The predicted octanol–water partition coefficient (Wildman–Crippen LogP) is 14.5. The number of para-hydroxylation sites is 5. The number of nitrogens with zero attached hydrogens (tertiary/aromatic N) is 4. The maximum Gasteiger partial charge on any atom is 0.147 e. The van der Waals surface area contributed by atoms with Crippen molar-refractivity contribution in [2.45, 2.75) is 24.8 Å². The molecule has 2 aliphatic carbocycles. The molecule has 0 saturated carbocycles. The van der Waals surface area contributed by atoms with Crippen molar-refractivity contribution < 1.29 is 8.78 Å². The molecule has 286 valence electrons. The van der Waals surface area contributed by atoms with Crippen LogP contribution >= 0.6 is 0 Å². The van der Waals surface area contributed by atoms with E-state index < -0.39 is 0 Å². The molecule has 2 aliphatic heterocycles. The molecule has 0 bridgehead atoms. The number of rotatable bonds is 6. The van der Waals surface area contributed by atoms with Crippen LogP contribution in [0.2, 0.25) is 0 Å². The lowest BCUT2D eigenvalue weighted by Crippen LogP contribution is -2.16. The Bertz CT molecular complexity index is 3370. The monoisotopic (exact) mass is 778 g/mol. The molecule has 60 heavy (non-hydrogen) atoms. The van der Waals surface area contributed by atoms with E-state index >= 15 is 8.78 Å². The molecule has 7 aromatic carbocycles. The van der Waals surface area contributed by atoms with Gasteiger partial charge >= 0.3 is 0 Å². The molecular formula is C54H36F2N4. The first kappa shape index (κ1) is 33.5. The van der Waals surface area contributed by atoms with Crippen molar-refractivity contribution in [1.29, 1.82) is 0 Å². The molecule has 4 aliphatic rings. The molecule has 6 heteroatoms. The zero-order valence-electron chi connectivity index (χ0n) is 32.4. The summed E-state index contributed by atoms with van der Waals surface area (Å²) in [7, 11) is 0. The second kappa shape index (κ2) is 12.5. The number of halogens is 2. The highest BCUT2D eigenvalue weighted by Gasteiger charge is 2.42. The Morgan fingerprint density at radius 2 is 1.20 bits per heavy atom. The van der Waals surface area contributed by atoms with Crippen LogP contribution in [0.4, 0.5) is 42.9 Å². The number of hydrogen-bond acceptors (Lipinski definition) is 2. The number of hydrogen-bond donors (Lipinski definition) is 0. The van der Waals surface area contributed by atoms with Crippen LogP contribution in [-0.4, -0.2) is 9.13 Å². The van der Waals surface area contributed by atoms with Crippen molar-refractivity contribution in [1.82, 2.24) is 9.13 Å². The SMILES string of the molecule is Fc1ccccc1N(c1ccccc1)c1ccc2c3c(n4c2c1C1CC=CC=C14)C=C1c2ccc(N(c4ccccc4)c4ccccc4F)c4c5ccccc5n(c24)C1C3. The summed E-state index contributed by atoms with van der Waals surface area (Å²) in [5, 5.41) is 3.52. The highest BCUT2D eigenvalue weighted by atomic mass is 19.1. The van der Waals surface area contributed by atoms with Gasteiger partial charge in [0.05, 0.1) is 45.5 Å². The Morgan fingerprint density at radius 1 is 0.567 bits per heavy atom. The molecule has 2 atom stereocenters. The first-order valence-corrected chi connectivity index (χ1v) is 20.7. The summed E-state index contributed by atoms with van der Waals surface area (Å²) in [6.45, 7) is 0. The molecule has 13 rings (SSSR count). The molecule has 2 unspecified atom stereocenters. The summed E-state index contributed by atoms with van der Waals surface area (Å²) in [6, 6.07) is 52.1. The van der Waals surface area contributed by atoms with Gasteiger partial charge in [-0.3, -0.25) is 0 Å². The van der Waals surface area contributed by atoms with Crippen molar-refractivity contribution in [2.75, 3.05) is 9.80 Å². The highest BCUT2D eigenvalue weighted by molar-refractivity contribution is 6.21. The number of allylic oxidation sites excluding steroid dienone is 5. The zero-order valence-corrected chi connectivity index (χ0v) is 32.4. The van der Waals surface area contributed by atoms with Crippen LogP contribution in [-0.2, 0) is 6.42 Å². The van der Waals surface area contributed by atoms with Gasteiger partial charge in [-0.1, -0.05) is 103 Å². The minimum absolute atomic E-state index is 0.0700. The molecule has 0 spiro atoms. The van der Waals surface area contributed by atoms with Gasteiger partial charge in [-0.05, 0) is 96.4 Å². The van der Waals surface area contributed by atoms with E-state index in [1.54, 1.807) is 18.2 Å². The minimum atomic E-state index is -0.271. The third kappa shape index (κ3) is 4.48. The number of aromatic nitrogens is 2. The van der Waals surface area contributed by atoms with Gasteiger partial charge in [0, 0.05) is 62.2 Å². The highest BCUT2D eigenvalue weighted by Crippen LogP contribution is 2.59. The summed E-state index contributed by atoms with van der Waals surface area (Å²) in [4.78, 5) is 4.17. The first-order valence-electron chi connectivity index (χ1n) is 20.7. The lowest BCUT2D eigenvalue weighted by molar-refractivity contribution is 0.628. The molecule has 0 saturated heterocycles. The molecule has 0 N–H and O–H groups in total. The van der Waals surface area contributed by atoms with Crippen LogP contribution in [0.25, 0.3) is 50.1 Å². The van der Waals surface area contributed by atoms with E-state index in [2.05, 4.69) is 104 Å². The van der Waals surface area contributed by atoms with E-state index in [-0.39, 0.29) is 23.6 Å². The lowest BCUT2D eigenvalue weighted by atomic mass is 9.85. The number of anilines is 6. The Morgan fingerprint density at radius 3 is 1.92 bits per heavy atom. The van der Waals surface area contributed by atoms with Crippen LogP contribution in [0, 0.1) is 11.6 Å². The first-order chi connectivity index (χ1) is 29.7. The van der Waals surface area contributed by atoms with Crippen molar-refractivity contribution in [3.05, 3.63) is 210 Å².